The van der Waals surface area contributed by atoms with Crippen LogP contribution >= 0.6 is 0 Å². The standard InChI is InChI=1S/C14H16N2O3/c17-13(10-7-15-8-10)16-6-5-9-3-1-2-4-11(9)12(16)14(18)19/h1-4,10,12,15H,5-8H2,(H,18,19). The Balaban J connectivity index is 1.93. The van der Waals surface area contributed by atoms with Gasteiger partial charge in [0.2, 0.25) is 5.91 Å². The molecule has 0 saturated carbocycles. The Labute approximate surface area is 111 Å². The summed E-state index contributed by atoms with van der Waals surface area (Å²) in [4.78, 5) is 25.4. The van der Waals surface area contributed by atoms with Gasteiger partial charge >= 0.3 is 5.97 Å². The molecule has 3 rings (SSSR count). The maximum Gasteiger partial charge on any atom is 0.331 e. The molecule has 5 heteroatoms. The maximum atomic E-state index is 12.3. The summed E-state index contributed by atoms with van der Waals surface area (Å²) in [6, 6.07) is 6.65. The summed E-state index contributed by atoms with van der Waals surface area (Å²) in [5.41, 5.74) is 1.78. The van der Waals surface area contributed by atoms with Crippen molar-refractivity contribution in [2.24, 2.45) is 5.92 Å². The number of aliphatic carboxylic acids is 1. The van der Waals surface area contributed by atoms with Crippen LogP contribution < -0.4 is 5.32 Å². The first-order chi connectivity index (χ1) is 9.18. The molecular weight excluding hydrogens is 244 g/mol. The highest BCUT2D eigenvalue weighted by atomic mass is 16.4. The normalized spacial score (nSPS) is 22.5. The molecule has 1 aromatic carbocycles. The number of benzene rings is 1. The van der Waals surface area contributed by atoms with Crippen molar-refractivity contribution < 1.29 is 14.7 Å². The molecule has 1 atom stereocenters. The van der Waals surface area contributed by atoms with E-state index in [-0.39, 0.29) is 11.8 Å². The number of nitrogens with zero attached hydrogens (tertiary/aromatic N) is 1. The maximum absolute atomic E-state index is 12.3. The summed E-state index contributed by atoms with van der Waals surface area (Å²) in [5.74, 6) is -1.06. The Morgan fingerprint density at radius 3 is 2.63 bits per heavy atom. The molecule has 2 aliphatic heterocycles. The zero-order chi connectivity index (χ0) is 13.4. The average molecular weight is 260 g/mol. The quantitative estimate of drug-likeness (QED) is 0.808. The first-order valence-electron chi connectivity index (χ1n) is 6.50. The smallest absolute Gasteiger partial charge is 0.331 e. The molecule has 1 amide bonds. The third-order valence-electron chi connectivity index (χ3n) is 3.93. The molecule has 2 N–H and O–H groups in total. The molecule has 0 spiro atoms. The van der Waals surface area contributed by atoms with Crippen molar-refractivity contribution in [3.8, 4) is 0 Å². The third kappa shape index (κ3) is 2.00. The summed E-state index contributed by atoms with van der Waals surface area (Å²) in [6.45, 7) is 1.80. The highest BCUT2D eigenvalue weighted by Gasteiger charge is 2.39. The SMILES string of the molecule is O=C(O)C1c2ccccc2CCN1C(=O)C1CNC1. The van der Waals surface area contributed by atoms with Crippen LogP contribution in [0.25, 0.3) is 0 Å². The van der Waals surface area contributed by atoms with Crippen LogP contribution in [0.1, 0.15) is 17.2 Å². The number of nitrogens with one attached hydrogen (secondary N) is 1. The van der Waals surface area contributed by atoms with Crippen LogP contribution in [0.5, 0.6) is 0 Å². The number of fused-ring (bicyclic) bond motifs is 1. The van der Waals surface area contributed by atoms with Gasteiger partial charge in [-0.25, -0.2) is 4.79 Å². The van der Waals surface area contributed by atoms with Crippen molar-refractivity contribution in [3.05, 3.63) is 35.4 Å². The van der Waals surface area contributed by atoms with Gasteiger partial charge in [0.25, 0.3) is 0 Å². The van der Waals surface area contributed by atoms with E-state index >= 15 is 0 Å². The summed E-state index contributed by atoms with van der Waals surface area (Å²) in [5, 5.41) is 12.5. The lowest BCUT2D eigenvalue weighted by atomic mass is 9.90. The summed E-state index contributed by atoms with van der Waals surface area (Å²) >= 11 is 0. The molecular formula is C14H16N2O3. The summed E-state index contributed by atoms with van der Waals surface area (Å²) < 4.78 is 0. The number of hydrogen-bond acceptors (Lipinski definition) is 3. The van der Waals surface area contributed by atoms with Gasteiger partial charge in [-0.3, -0.25) is 4.79 Å². The molecule has 19 heavy (non-hydrogen) atoms. The van der Waals surface area contributed by atoms with Crippen LogP contribution in [0.4, 0.5) is 0 Å². The Morgan fingerprint density at radius 1 is 1.26 bits per heavy atom. The summed E-state index contributed by atoms with van der Waals surface area (Å²) in [6.07, 6.45) is 0.728. The van der Waals surface area contributed by atoms with Gasteiger partial charge in [0, 0.05) is 19.6 Å². The van der Waals surface area contributed by atoms with Gasteiger partial charge in [-0.2, -0.15) is 0 Å². The molecule has 1 aromatic rings. The van der Waals surface area contributed by atoms with E-state index in [0.29, 0.717) is 19.6 Å². The predicted octanol–water partition coefficient (Wildman–Crippen LogP) is 0.416. The lowest BCUT2D eigenvalue weighted by molar-refractivity contribution is -0.153. The third-order valence-corrected chi connectivity index (χ3v) is 3.93. The van der Waals surface area contributed by atoms with Crippen molar-refractivity contribution in [2.75, 3.05) is 19.6 Å². The Kier molecular flexibility index (Phi) is 2.98. The van der Waals surface area contributed by atoms with Crippen LogP contribution in [0, 0.1) is 5.92 Å². The molecule has 5 nitrogen and oxygen atoms in total. The van der Waals surface area contributed by atoms with E-state index in [2.05, 4.69) is 5.32 Å². The van der Waals surface area contributed by atoms with E-state index in [0.717, 1.165) is 17.5 Å². The molecule has 1 saturated heterocycles. The molecule has 2 aliphatic rings. The number of rotatable bonds is 2. The number of amides is 1. The minimum atomic E-state index is -0.951. The van der Waals surface area contributed by atoms with E-state index < -0.39 is 12.0 Å². The van der Waals surface area contributed by atoms with Crippen molar-refractivity contribution in [1.29, 1.82) is 0 Å². The van der Waals surface area contributed by atoms with Crippen LogP contribution in [0.15, 0.2) is 24.3 Å². The van der Waals surface area contributed by atoms with Gasteiger partial charge in [-0.05, 0) is 17.5 Å². The number of carbonyl (C=O) groups excluding carboxylic acids is 1. The monoisotopic (exact) mass is 260 g/mol. The zero-order valence-corrected chi connectivity index (χ0v) is 10.5. The van der Waals surface area contributed by atoms with Crippen molar-refractivity contribution >= 4 is 11.9 Å². The predicted molar refractivity (Wildman–Crippen MR) is 68.6 cm³/mol. The van der Waals surface area contributed by atoms with E-state index in [4.69, 9.17) is 0 Å². The molecule has 0 bridgehead atoms. The van der Waals surface area contributed by atoms with Gasteiger partial charge < -0.3 is 15.3 Å². The van der Waals surface area contributed by atoms with Crippen molar-refractivity contribution in [2.45, 2.75) is 12.5 Å². The van der Waals surface area contributed by atoms with Crippen molar-refractivity contribution in [1.82, 2.24) is 10.2 Å². The number of carboxylic acid groups (broad SMARTS) is 1. The lowest BCUT2D eigenvalue weighted by Gasteiger charge is -2.39. The van der Waals surface area contributed by atoms with Crippen molar-refractivity contribution in [3.63, 3.8) is 0 Å². The molecule has 100 valence electrons. The van der Waals surface area contributed by atoms with E-state index in [9.17, 15) is 14.7 Å². The van der Waals surface area contributed by atoms with E-state index in [1.165, 1.54) is 4.90 Å². The molecule has 1 unspecified atom stereocenters. The topological polar surface area (TPSA) is 69.6 Å². The highest BCUT2D eigenvalue weighted by molar-refractivity contribution is 5.87. The fourth-order valence-corrected chi connectivity index (χ4v) is 2.77. The molecule has 0 radical (unpaired) electrons. The molecule has 0 aromatic heterocycles. The van der Waals surface area contributed by atoms with Gasteiger partial charge in [0.1, 0.15) is 0 Å². The zero-order valence-electron chi connectivity index (χ0n) is 10.5. The number of hydrogen-bond donors (Lipinski definition) is 2. The Morgan fingerprint density at radius 2 is 2.00 bits per heavy atom. The van der Waals surface area contributed by atoms with Gasteiger partial charge in [0.15, 0.2) is 6.04 Å². The fraction of sp³-hybridized carbons (Fsp3) is 0.429. The number of carbonyl (C=O) groups is 2. The minimum absolute atomic E-state index is 0.0411. The van der Waals surface area contributed by atoms with E-state index in [1.807, 2.05) is 24.3 Å². The molecule has 0 aliphatic carbocycles. The second-order valence-corrected chi connectivity index (χ2v) is 5.08. The largest absolute Gasteiger partial charge is 0.479 e. The molecule has 1 fully saturated rings. The second-order valence-electron chi connectivity index (χ2n) is 5.08. The van der Waals surface area contributed by atoms with Gasteiger partial charge in [-0.1, -0.05) is 24.3 Å². The first kappa shape index (κ1) is 12.2. The Hall–Kier alpha value is -1.88. The van der Waals surface area contributed by atoms with Crippen LogP contribution in [0.2, 0.25) is 0 Å². The van der Waals surface area contributed by atoms with E-state index in [1.54, 1.807) is 0 Å². The van der Waals surface area contributed by atoms with Crippen LogP contribution in [0.3, 0.4) is 0 Å². The van der Waals surface area contributed by atoms with Crippen LogP contribution in [-0.2, 0) is 16.0 Å². The van der Waals surface area contributed by atoms with Gasteiger partial charge in [-0.15, -0.1) is 0 Å². The average Bonchev–Trinajstić information content (AvgIpc) is 2.35. The van der Waals surface area contributed by atoms with Crippen LogP contribution in [-0.4, -0.2) is 41.5 Å². The summed E-state index contributed by atoms with van der Waals surface area (Å²) in [7, 11) is 0. The highest BCUT2D eigenvalue weighted by Crippen LogP contribution is 2.31. The Bertz CT molecular complexity index is 525. The first-order valence-corrected chi connectivity index (χ1v) is 6.50. The minimum Gasteiger partial charge on any atom is -0.479 e. The fourth-order valence-electron chi connectivity index (χ4n) is 2.77. The van der Waals surface area contributed by atoms with Gasteiger partial charge in [0.05, 0.1) is 5.92 Å². The lowest BCUT2D eigenvalue weighted by Crippen LogP contribution is -2.55. The second kappa shape index (κ2) is 4.66. The number of carboxylic acids is 1. The molecule has 2 heterocycles.